The maximum absolute atomic E-state index is 12.3. The van der Waals surface area contributed by atoms with Crippen LogP contribution in [0.5, 0.6) is 5.75 Å². The monoisotopic (exact) mass is 319 g/mol. The number of ether oxygens (including phenoxy) is 1. The van der Waals surface area contributed by atoms with Crippen molar-refractivity contribution in [2.45, 2.75) is 26.1 Å². The fourth-order valence-electron chi connectivity index (χ4n) is 1.84. The van der Waals surface area contributed by atoms with Crippen LogP contribution >= 0.6 is 0 Å². The zero-order chi connectivity index (χ0) is 16.8. The maximum Gasteiger partial charge on any atom is 0.573 e. The van der Waals surface area contributed by atoms with Gasteiger partial charge in [-0.15, -0.1) is 13.2 Å². The van der Waals surface area contributed by atoms with Crippen molar-refractivity contribution in [1.82, 2.24) is 5.32 Å². The second-order valence-corrected chi connectivity index (χ2v) is 4.58. The molecule has 1 unspecified atom stereocenters. The number of carboxylic acid groups (broad SMARTS) is 1. The first kappa shape index (κ1) is 17.8. The molecule has 0 fully saturated rings. The van der Waals surface area contributed by atoms with Crippen molar-refractivity contribution in [1.29, 1.82) is 0 Å². The van der Waals surface area contributed by atoms with E-state index < -0.39 is 29.9 Å². The van der Waals surface area contributed by atoms with Gasteiger partial charge in [0.15, 0.2) is 0 Å². The smallest absolute Gasteiger partial charge is 0.481 e. The first-order valence-electron chi connectivity index (χ1n) is 6.60. The maximum atomic E-state index is 12.3. The van der Waals surface area contributed by atoms with Crippen molar-refractivity contribution in [3.63, 3.8) is 0 Å². The number of carbonyl (C=O) groups excluding carboxylic acids is 1. The molecule has 0 saturated heterocycles. The summed E-state index contributed by atoms with van der Waals surface area (Å²) in [6.07, 6.45) is -3.95. The third kappa shape index (κ3) is 5.63. The van der Waals surface area contributed by atoms with Crippen LogP contribution in [0.2, 0.25) is 0 Å². The lowest BCUT2D eigenvalue weighted by Gasteiger charge is -2.15. The van der Waals surface area contributed by atoms with E-state index in [0.29, 0.717) is 12.8 Å². The molecule has 0 saturated carbocycles. The van der Waals surface area contributed by atoms with Gasteiger partial charge >= 0.3 is 12.3 Å². The molecule has 0 aliphatic rings. The van der Waals surface area contributed by atoms with Gasteiger partial charge in [-0.2, -0.15) is 0 Å². The minimum atomic E-state index is -4.91. The molecule has 122 valence electrons. The van der Waals surface area contributed by atoms with Crippen molar-refractivity contribution >= 4 is 11.9 Å². The molecular weight excluding hydrogens is 303 g/mol. The Kier molecular flexibility index (Phi) is 6.21. The summed E-state index contributed by atoms with van der Waals surface area (Å²) in [4.78, 5) is 22.9. The largest absolute Gasteiger partial charge is 0.573 e. The highest BCUT2D eigenvalue weighted by molar-refractivity contribution is 5.97. The number of nitrogens with one attached hydrogen (secondary N) is 1. The summed E-state index contributed by atoms with van der Waals surface area (Å²) in [5.41, 5.74) is -0.305. The van der Waals surface area contributed by atoms with Crippen molar-refractivity contribution in [2.24, 2.45) is 5.92 Å². The van der Waals surface area contributed by atoms with Gasteiger partial charge in [0.25, 0.3) is 5.91 Å². The summed E-state index contributed by atoms with van der Waals surface area (Å²) in [7, 11) is 0. The van der Waals surface area contributed by atoms with Crippen LogP contribution in [0.4, 0.5) is 13.2 Å². The van der Waals surface area contributed by atoms with E-state index in [1.165, 1.54) is 18.2 Å². The molecule has 0 bridgehead atoms. The first-order chi connectivity index (χ1) is 10.2. The van der Waals surface area contributed by atoms with Crippen molar-refractivity contribution < 1.29 is 32.6 Å². The van der Waals surface area contributed by atoms with Gasteiger partial charge in [-0.3, -0.25) is 9.59 Å². The Morgan fingerprint density at radius 2 is 1.95 bits per heavy atom. The lowest BCUT2D eigenvalue weighted by Crippen LogP contribution is -2.33. The number of carbonyl (C=O) groups is 2. The number of aliphatic carboxylic acids is 1. The van der Waals surface area contributed by atoms with Crippen molar-refractivity contribution in [2.75, 3.05) is 6.54 Å². The first-order valence-corrected chi connectivity index (χ1v) is 6.60. The molecule has 0 spiro atoms. The van der Waals surface area contributed by atoms with Crippen LogP contribution in [-0.2, 0) is 4.79 Å². The summed E-state index contributed by atoms with van der Waals surface area (Å²) in [5.74, 6) is -3.30. The second kappa shape index (κ2) is 7.67. The molecule has 0 aromatic heterocycles. The number of amides is 1. The van der Waals surface area contributed by atoms with Gasteiger partial charge in [0, 0.05) is 6.54 Å². The lowest BCUT2D eigenvalue weighted by atomic mass is 10.0. The van der Waals surface area contributed by atoms with E-state index in [-0.39, 0.29) is 12.1 Å². The number of carboxylic acids is 1. The minimum absolute atomic E-state index is 0.164. The van der Waals surface area contributed by atoms with Crippen LogP contribution in [0.1, 0.15) is 30.1 Å². The molecular formula is C14H16F3NO4. The Hall–Kier alpha value is -2.25. The van der Waals surface area contributed by atoms with E-state index in [2.05, 4.69) is 10.1 Å². The summed E-state index contributed by atoms with van der Waals surface area (Å²) >= 11 is 0. The van der Waals surface area contributed by atoms with E-state index in [9.17, 15) is 22.8 Å². The highest BCUT2D eigenvalue weighted by Gasteiger charge is 2.33. The molecule has 1 amide bonds. The number of hydrogen-bond acceptors (Lipinski definition) is 3. The van der Waals surface area contributed by atoms with Crippen LogP contribution in [0.3, 0.4) is 0 Å². The lowest BCUT2D eigenvalue weighted by molar-refractivity contribution is -0.274. The molecule has 22 heavy (non-hydrogen) atoms. The average Bonchev–Trinajstić information content (AvgIpc) is 2.41. The van der Waals surface area contributed by atoms with Gasteiger partial charge in [-0.05, 0) is 18.6 Å². The molecule has 1 rings (SSSR count). The summed E-state index contributed by atoms with van der Waals surface area (Å²) in [5, 5.41) is 11.3. The number of rotatable bonds is 7. The number of halogens is 3. The van der Waals surface area contributed by atoms with E-state index in [4.69, 9.17) is 5.11 Å². The van der Waals surface area contributed by atoms with Crippen LogP contribution in [0.15, 0.2) is 24.3 Å². The van der Waals surface area contributed by atoms with Crippen LogP contribution in [-0.4, -0.2) is 29.9 Å². The van der Waals surface area contributed by atoms with E-state index in [1.807, 2.05) is 0 Å². The van der Waals surface area contributed by atoms with Crippen molar-refractivity contribution in [3.05, 3.63) is 29.8 Å². The third-order valence-corrected chi connectivity index (χ3v) is 2.85. The quantitative estimate of drug-likeness (QED) is 0.810. The summed E-state index contributed by atoms with van der Waals surface area (Å²) in [6, 6.07) is 4.88. The number of para-hydroxylation sites is 1. The van der Waals surface area contributed by atoms with E-state index in [0.717, 1.165) is 6.07 Å². The fraction of sp³-hybridized carbons (Fsp3) is 0.429. The SMILES string of the molecule is CCCC(CNC(=O)c1ccccc1OC(F)(F)F)C(=O)O. The molecule has 0 aliphatic heterocycles. The van der Waals surface area contributed by atoms with Gasteiger partial charge in [0.1, 0.15) is 5.75 Å². The van der Waals surface area contributed by atoms with Gasteiger partial charge in [-0.1, -0.05) is 25.5 Å². The predicted octanol–water partition coefficient (Wildman–Crippen LogP) is 2.82. The normalized spacial score (nSPS) is 12.5. The molecule has 0 aliphatic carbocycles. The Balaban J connectivity index is 2.79. The average molecular weight is 319 g/mol. The van der Waals surface area contributed by atoms with E-state index in [1.54, 1.807) is 6.92 Å². The molecule has 1 atom stereocenters. The Morgan fingerprint density at radius 1 is 1.32 bits per heavy atom. The molecule has 5 nitrogen and oxygen atoms in total. The zero-order valence-electron chi connectivity index (χ0n) is 11.8. The standard InChI is InChI=1S/C14H16F3NO4/c1-2-5-9(13(20)21)8-18-12(19)10-6-3-4-7-11(10)22-14(15,16)17/h3-4,6-7,9H,2,5,8H2,1H3,(H,18,19)(H,20,21). The molecule has 8 heteroatoms. The van der Waals surface area contributed by atoms with Gasteiger partial charge in [0.05, 0.1) is 11.5 Å². The molecule has 0 radical (unpaired) electrons. The highest BCUT2D eigenvalue weighted by Crippen LogP contribution is 2.26. The van der Waals surface area contributed by atoms with Crippen LogP contribution < -0.4 is 10.1 Å². The van der Waals surface area contributed by atoms with Crippen LogP contribution in [0, 0.1) is 5.92 Å². The molecule has 2 N–H and O–H groups in total. The van der Waals surface area contributed by atoms with Gasteiger partial charge in [-0.25, -0.2) is 0 Å². The number of benzene rings is 1. The molecule has 0 heterocycles. The highest BCUT2D eigenvalue weighted by atomic mass is 19.4. The van der Waals surface area contributed by atoms with E-state index >= 15 is 0 Å². The molecule has 1 aromatic rings. The summed E-state index contributed by atoms with van der Waals surface area (Å²) in [6.45, 7) is 1.63. The zero-order valence-corrected chi connectivity index (χ0v) is 11.8. The Bertz CT molecular complexity index is 531. The molecule has 1 aromatic carbocycles. The minimum Gasteiger partial charge on any atom is -0.481 e. The Labute approximate surface area is 125 Å². The predicted molar refractivity (Wildman–Crippen MR) is 71.5 cm³/mol. The van der Waals surface area contributed by atoms with Gasteiger partial charge < -0.3 is 15.2 Å². The fourth-order valence-corrected chi connectivity index (χ4v) is 1.84. The van der Waals surface area contributed by atoms with Crippen molar-refractivity contribution in [3.8, 4) is 5.75 Å². The van der Waals surface area contributed by atoms with Crippen LogP contribution in [0.25, 0.3) is 0 Å². The number of alkyl halides is 3. The third-order valence-electron chi connectivity index (χ3n) is 2.85. The Morgan fingerprint density at radius 3 is 2.50 bits per heavy atom. The summed E-state index contributed by atoms with van der Waals surface area (Å²) < 4.78 is 40.6. The topological polar surface area (TPSA) is 75.6 Å². The second-order valence-electron chi connectivity index (χ2n) is 4.58. The number of hydrogen-bond donors (Lipinski definition) is 2. The van der Waals surface area contributed by atoms with Gasteiger partial charge in [0.2, 0.25) is 0 Å².